The summed E-state index contributed by atoms with van der Waals surface area (Å²) in [5.74, 6) is -0.923. The Bertz CT molecular complexity index is 1460. The molecule has 0 fully saturated rings. The van der Waals surface area contributed by atoms with Crippen LogP contribution >= 0.6 is 0 Å². The summed E-state index contributed by atoms with van der Waals surface area (Å²) in [6.45, 7) is 6.41. The second kappa shape index (κ2) is 61.9. The van der Waals surface area contributed by atoms with Gasteiger partial charge in [-0.15, -0.1) is 0 Å². The molecule has 0 heterocycles. The maximum atomic E-state index is 12.9. The summed E-state index contributed by atoms with van der Waals surface area (Å²) in [6, 6.07) is 0. The lowest BCUT2D eigenvalue weighted by molar-refractivity contribution is -0.167. The van der Waals surface area contributed by atoms with Gasteiger partial charge in [0, 0.05) is 19.3 Å². The number of unbranched alkanes of at least 4 members (excludes halogenated alkanes) is 29. The first-order chi connectivity index (χ1) is 36.5. The van der Waals surface area contributed by atoms with E-state index in [9.17, 15) is 14.4 Å². The Kier molecular flexibility index (Phi) is 58.8. The molecule has 6 heteroatoms. The Morgan fingerprint density at radius 1 is 0.284 bits per heavy atom. The second-order valence-electron chi connectivity index (χ2n) is 20.6. The Morgan fingerprint density at radius 2 is 0.527 bits per heavy atom. The lowest BCUT2D eigenvalue weighted by Crippen LogP contribution is -2.30. The smallest absolute Gasteiger partial charge is 0.306 e. The van der Waals surface area contributed by atoms with Crippen LogP contribution in [0.25, 0.3) is 0 Å². The van der Waals surface area contributed by atoms with Crippen LogP contribution in [0.2, 0.25) is 0 Å². The van der Waals surface area contributed by atoms with Crippen molar-refractivity contribution in [2.75, 3.05) is 13.2 Å². The van der Waals surface area contributed by atoms with Crippen LogP contribution < -0.4 is 0 Å². The van der Waals surface area contributed by atoms with Gasteiger partial charge in [-0.05, 0) is 96.3 Å². The van der Waals surface area contributed by atoms with Crippen molar-refractivity contribution in [2.45, 2.75) is 303 Å². The Morgan fingerprint density at radius 3 is 0.851 bits per heavy atom. The topological polar surface area (TPSA) is 78.9 Å². The van der Waals surface area contributed by atoms with Crippen LogP contribution in [0.1, 0.15) is 297 Å². The van der Waals surface area contributed by atoms with E-state index in [0.717, 1.165) is 109 Å². The van der Waals surface area contributed by atoms with E-state index < -0.39 is 6.10 Å². The second-order valence-corrected chi connectivity index (χ2v) is 20.6. The predicted octanol–water partition coefficient (Wildman–Crippen LogP) is 21.3. The van der Waals surface area contributed by atoms with E-state index in [0.29, 0.717) is 19.3 Å². The summed E-state index contributed by atoms with van der Waals surface area (Å²) in [6.07, 6.45) is 82.7. The number of esters is 3. The molecule has 1 unspecified atom stereocenters. The fraction of sp³-hybridized carbons (Fsp3) is 0.721. The molecule has 0 aliphatic rings. The van der Waals surface area contributed by atoms with Gasteiger partial charge in [-0.2, -0.15) is 0 Å². The van der Waals surface area contributed by atoms with Crippen LogP contribution in [0, 0.1) is 0 Å². The zero-order valence-corrected chi connectivity index (χ0v) is 48.6. The van der Waals surface area contributed by atoms with E-state index in [1.54, 1.807) is 0 Å². The molecule has 6 nitrogen and oxygen atoms in total. The van der Waals surface area contributed by atoms with Crippen molar-refractivity contribution in [3.8, 4) is 0 Å². The molecule has 0 bridgehead atoms. The average molecular weight is 1030 g/mol. The molecule has 424 valence electrons. The molecule has 0 amide bonds. The molecule has 0 N–H and O–H groups in total. The summed E-state index contributed by atoms with van der Waals surface area (Å²) in [7, 11) is 0. The fourth-order valence-corrected chi connectivity index (χ4v) is 8.72. The van der Waals surface area contributed by atoms with Crippen LogP contribution in [-0.4, -0.2) is 37.2 Å². The largest absolute Gasteiger partial charge is 0.462 e. The zero-order chi connectivity index (χ0) is 53.6. The van der Waals surface area contributed by atoms with Gasteiger partial charge in [0.2, 0.25) is 0 Å². The van der Waals surface area contributed by atoms with Crippen molar-refractivity contribution in [2.24, 2.45) is 0 Å². The number of rotatable bonds is 56. The Labute approximate surface area is 457 Å². The summed E-state index contributed by atoms with van der Waals surface area (Å²) in [5, 5.41) is 0. The van der Waals surface area contributed by atoms with Crippen molar-refractivity contribution in [1.29, 1.82) is 0 Å². The minimum absolute atomic E-state index is 0.0894. The molecule has 0 aromatic carbocycles. The maximum absolute atomic E-state index is 12.9. The minimum atomic E-state index is -0.795. The molecule has 0 spiro atoms. The van der Waals surface area contributed by atoms with Gasteiger partial charge in [-0.1, -0.05) is 279 Å². The lowest BCUT2D eigenvalue weighted by atomic mass is 10.0. The van der Waals surface area contributed by atoms with Crippen molar-refractivity contribution >= 4 is 17.9 Å². The van der Waals surface area contributed by atoms with Gasteiger partial charge in [-0.3, -0.25) is 14.4 Å². The first-order valence-electron chi connectivity index (χ1n) is 31.2. The molecular formula is C68H116O6. The number of ether oxygens (including phenoxy) is 3. The Balaban J connectivity index is 4.34. The van der Waals surface area contributed by atoms with Gasteiger partial charge < -0.3 is 14.2 Å². The summed E-state index contributed by atoms with van der Waals surface area (Å²) in [5.41, 5.74) is 0. The normalized spacial score (nSPS) is 12.7. The first kappa shape index (κ1) is 70.3. The molecule has 0 aromatic rings. The van der Waals surface area contributed by atoms with E-state index in [1.165, 1.54) is 148 Å². The molecule has 1 atom stereocenters. The third-order valence-electron chi connectivity index (χ3n) is 13.3. The predicted molar refractivity (Wildman–Crippen MR) is 320 cm³/mol. The standard InChI is InChI=1S/C68H116O6/c1-4-7-10-13-16-19-22-25-28-30-31-32-33-34-35-36-37-38-41-43-46-49-52-55-58-61-67(70)73-64-65(63-72-66(69)60-57-54-51-48-45-42-39-27-24-21-18-15-12-9-6-3)74-68(71)62-59-56-53-50-47-44-40-29-26-23-20-17-14-11-8-5-2/h7,9-10,12,16,18-19,21,25,27-28,31-32,39,45,48,65H,4-6,8,11,13-15,17,20,22-24,26,29-30,33-38,40-44,46-47,49-64H2,1-3H3/b10-7-,12-9-,19-16-,21-18-,28-25-,32-31-,39-27-,48-45-. The van der Waals surface area contributed by atoms with Gasteiger partial charge in [-0.25, -0.2) is 0 Å². The molecule has 0 aromatic heterocycles. The number of carbonyl (C=O) groups excluding carboxylic acids is 3. The SMILES string of the molecule is CC/C=C\C/C=C\C/C=C\C/C=C\CCCCCCCCCCCCCCC(=O)OCC(COC(=O)CCCC/C=C\C/C=C\C/C=C\C/C=C\CC)OC(=O)CCCCCCCCCCCCCCCCCC. The molecule has 0 radical (unpaired) electrons. The highest BCUT2D eigenvalue weighted by atomic mass is 16.6. The summed E-state index contributed by atoms with van der Waals surface area (Å²) < 4.78 is 16.9. The Hall–Kier alpha value is -3.67. The first-order valence-corrected chi connectivity index (χ1v) is 31.2. The third kappa shape index (κ3) is 59.2. The fourth-order valence-electron chi connectivity index (χ4n) is 8.72. The van der Waals surface area contributed by atoms with Gasteiger partial charge >= 0.3 is 17.9 Å². The average Bonchev–Trinajstić information content (AvgIpc) is 3.40. The van der Waals surface area contributed by atoms with E-state index in [2.05, 4.69) is 118 Å². The van der Waals surface area contributed by atoms with Gasteiger partial charge in [0.15, 0.2) is 6.10 Å². The molecule has 0 saturated heterocycles. The van der Waals surface area contributed by atoms with Crippen molar-refractivity contribution in [3.05, 3.63) is 97.2 Å². The maximum Gasteiger partial charge on any atom is 0.306 e. The van der Waals surface area contributed by atoms with Gasteiger partial charge in [0.05, 0.1) is 0 Å². The molecule has 0 rings (SSSR count). The zero-order valence-electron chi connectivity index (χ0n) is 48.6. The quantitative estimate of drug-likeness (QED) is 0.0261. The highest BCUT2D eigenvalue weighted by molar-refractivity contribution is 5.71. The highest BCUT2D eigenvalue weighted by Crippen LogP contribution is 2.17. The monoisotopic (exact) mass is 1030 g/mol. The van der Waals surface area contributed by atoms with Crippen LogP contribution in [0.4, 0.5) is 0 Å². The van der Waals surface area contributed by atoms with E-state index in [1.807, 2.05) is 0 Å². The highest BCUT2D eigenvalue weighted by Gasteiger charge is 2.19. The molecule has 0 saturated carbocycles. The number of allylic oxidation sites excluding steroid dienone is 16. The van der Waals surface area contributed by atoms with E-state index in [4.69, 9.17) is 14.2 Å². The molecule has 74 heavy (non-hydrogen) atoms. The van der Waals surface area contributed by atoms with E-state index >= 15 is 0 Å². The lowest BCUT2D eigenvalue weighted by Gasteiger charge is -2.18. The molecular weight excluding hydrogens is 913 g/mol. The van der Waals surface area contributed by atoms with Crippen LogP contribution in [-0.2, 0) is 28.6 Å². The molecule has 0 aliphatic heterocycles. The van der Waals surface area contributed by atoms with Crippen molar-refractivity contribution in [1.82, 2.24) is 0 Å². The van der Waals surface area contributed by atoms with Gasteiger partial charge in [0.25, 0.3) is 0 Å². The van der Waals surface area contributed by atoms with Crippen LogP contribution in [0.15, 0.2) is 97.2 Å². The summed E-state index contributed by atoms with van der Waals surface area (Å²) in [4.78, 5) is 38.3. The number of hydrogen-bond donors (Lipinski definition) is 0. The third-order valence-corrected chi connectivity index (χ3v) is 13.3. The van der Waals surface area contributed by atoms with E-state index in [-0.39, 0.29) is 31.1 Å². The molecule has 0 aliphatic carbocycles. The van der Waals surface area contributed by atoms with Gasteiger partial charge in [0.1, 0.15) is 13.2 Å². The van der Waals surface area contributed by atoms with Crippen LogP contribution in [0.5, 0.6) is 0 Å². The van der Waals surface area contributed by atoms with Crippen molar-refractivity contribution in [3.63, 3.8) is 0 Å². The summed E-state index contributed by atoms with van der Waals surface area (Å²) >= 11 is 0. The minimum Gasteiger partial charge on any atom is -0.462 e. The van der Waals surface area contributed by atoms with Crippen LogP contribution in [0.3, 0.4) is 0 Å². The number of carbonyl (C=O) groups is 3. The number of hydrogen-bond acceptors (Lipinski definition) is 6. The van der Waals surface area contributed by atoms with Crippen molar-refractivity contribution < 1.29 is 28.6 Å².